The van der Waals surface area contributed by atoms with E-state index in [0.717, 1.165) is 12.0 Å². The summed E-state index contributed by atoms with van der Waals surface area (Å²) in [6.07, 6.45) is 8.96. The lowest BCUT2D eigenvalue weighted by molar-refractivity contribution is 0.0692. The van der Waals surface area contributed by atoms with Crippen LogP contribution < -0.4 is 5.32 Å². The summed E-state index contributed by atoms with van der Waals surface area (Å²) in [5.74, 6) is 1.05. The van der Waals surface area contributed by atoms with Gasteiger partial charge in [-0.3, -0.25) is 4.90 Å². The van der Waals surface area contributed by atoms with E-state index in [-0.39, 0.29) is 0 Å². The fraction of sp³-hybridized carbons (Fsp3) is 1.00. The predicted octanol–water partition coefficient (Wildman–Crippen LogP) is 1.55. The van der Waals surface area contributed by atoms with Crippen LogP contribution in [-0.2, 0) is 0 Å². The Morgan fingerprint density at radius 3 is 2.22 bits per heavy atom. The van der Waals surface area contributed by atoms with Crippen molar-refractivity contribution in [1.29, 1.82) is 0 Å². The van der Waals surface area contributed by atoms with Gasteiger partial charge in [0.1, 0.15) is 0 Å². The van der Waals surface area contributed by atoms with Gasteiger partial charge in [-0.1, -0.05) is 32.1 Å². The minimum absolute atomic E-state index is 0.852. The summed E-state index contributed by atoms with van der Waals surface area (Å²) >= 11 is 0. The molecule has 0 bridgehead atoms. The van der Waals surface area contributed by atoms with Crippen molar-refractivity contribution in [1.82, 2.24) is 15.1 Å². The largest absolute Gasteiger partial charge is 0.314 e. The number of nitrogens with one attached hydrogen (secondary N) is 1. The molecule has 0 aromatic carbocycles. The summed E-state index contributed by atoms with van der Waals surface area (Å²) in [5.41, 5.74) is 0. The van der Waals surface area contributed by atoms with Gasteiger partial charge in [-0.15, -0.1) is 0 Å². The summed E-state index contributed by atoms with van der Waals surface area (Å²) in [6, 6.07) is 0.852. The molecule has 18 heavy (non-hydrogen) atoms. The van der Waals surface area contributed by atoms with Crippen LogP contribution in [0.15, 0.2) is 0 Å². The minimum Gasteiger partial charge on any atom is -0.314 e. The highest BCUT2D eigenvalue weighted by Crippen LogP contribution is 2.26. The Morgan fingerprint density at radius 2 is 1.61 bits per heavy atom. The summed E-state index contributed by atoms with van der Waals surface area (Å²) in [4.78, 5) is 5.39. The molecule has 104 valence electrons. The summed E-state index contributed by atoms with van der Waals surface area (Å²) in [7, 11) is 0. The van der Waals surface area contributed by atoms with Crippen LogP contribution in [0.2, 0.25) is 0 Å². The van der Waals surface area contributed by atoms with Gasteiger partial charge in [-0.2, -0.15) is 0 Å². The second-order valence-electron chi connectivity index (χ2n) is 6.48. The zero-order valence-electron chi connectivity index (χ0n) is 11.7. The lowest BCUT2D eigenvalue weighted by atomic mass is 9.87. The number of rotatable bonds is 4. The highest BCUT2D eigenvalue weighted by molar-refractivity contribution is 4.87. The quantitative estimate of drug-likeness (QED) is 0.818. The maximum atomic E-state index is 3.38. The van der Waals surface area contributed by atoms with E-state index < -0.39 is 0 Å². The van der Waals surface area contributed by atoms with Crippen molar-refractivity contribution < 1.29 is 0 Å². The van der Waals surface area contributed by atoms with Crippen LogP contribution in [0.1, 0.15) is 38.5 Å². The Morgan fingerprint density at radius 1 is 0.889 bits per heavy atom. The normalized spacial score (nSPS) is 29.3. The van der Waals surface area contributed by atoms with E-state index >= 15 is 0 Å². The monoisotopic (exact) mass is 251 g/mol. The second-order valence-corrected chi connectivity index (χ2v) is 6.48. The van der Waals surface area contributed by atoms with Gasteiger partial charge >= 0.3 is 0 Å². The zero-order chi connectivity index (χ0) is 12.2. The Bertz CT molecular complexity index is 238. The third-order valence-electron chi connectivity index (χ3n) is 5.26. The van der Waals surface area contributed by atoms with E-state index in [1.54, 1.807) is 0 Å². The highest BCUT2D eigenvalue weighted by atomic mass is 15.3. The van der Waals surface area contributed by atoms with Crippen molar-refractivity contribution in [2.24, 2.45) is 5.92 Å². The van der Waals surface area contributed by atoms with Crippen LogP contribution in [0.25, 0.3) is 0 Å². The molecule has 3 nitrogen and oxygen atoms in total. The van der Waals surface area contributed by atoms with Crippen molar-refractivity contribution >= 4 is 0 Å². The Kier molecular flexibility index (Phi) is 4.55. The van der Waals surface area contributed by atoms with Crippen LogP contribution in [0.4, 0.5) is 0 Å². The maximum absolute atomic E-state index is 3.38. The average molecular weight is 251 g/mol. The molecule has 0 amide bonds. The maximum Gasteiger partial charge on any atom is 0.0346 e. The SMILES string of the molecule is C1CCC(CCN2CCN(C3CNC3)CC2)CC1. The van der Waals surface area contributed by atoms with E-state index in [2.05, 4.69) is 15.1 Å². The first-order chi connectivity index (χ1) is 8.92. The lowest BCUT2D eigenvalue weighted by Gasteiger charge is -2.43. The molecular weight excluding hydrogens is 222 g/mol. The molecule has 0 spiro atoms. The molecule has 3 aliphatic rings. The van der Waals surface area contributed by atoms with Crippen molar-refractivity contribution in [3.8, 4) is 0 Å². The van der Waals surface area contributed by atoms with Gasteiger partial charge < -0.3 is 10.2 Å². The molecule has 0 aromatic heterocycles. The van der Waals surface area contributed by atoms with Crippen molar-refractivity contribution in [3.05, 3.63) is 0 Å². The summed E-state index contributed by atoms with van der Waals surface area (Å²) in [6.45, 7) is 9.03. The summed E-state index contributed by atoms with van der Waals surface area (Å²) < 4.78 is 0. The second kappa shape index (κ2) is 6.36. The van der Waals surface area contributed by atoms with Crippen LogP contribution in [0.3, 0.4) is 0 Å². The summed E-state index contributed by atoms with van der Waals surface area (Å²) in [5, 5.41) is 3.38. The van der Waals surface area contributed by atoms with Gasteiger partial charge in [0, 0.05) is 45.3 Å². The van der Waals surface area contributed by atoms with E-state index in [9.17, 15) is 0 Å². The molecule has 3 heteroatoms. The van der Waals surface area contributed by atoms with E-state index in [0.29, 0.717) is 0 Å². The van der Waals surface area contributed by atoms with Gasteiger partial charge in [0.05, 0.1) is 0 Å². The van der Waals surface area contributed by atoms with Gasteiger partial charge in [0.2, 0.25) is 0 Å². The van der Waals surface area contributed by atoms with Gasteiger partial charge in [-0.25, -0.2) is 0 Å². The third kappa shape index (κ3) is 3.25. The average Bonchev–Trinajstić information content (AvgIpc) is 2.37. The zero-order valence-corrected chi connectivity index (χ0v) is 11.7. The first kappa shape index (κ1) is 12.9. The van der Waals surface area contributed by atoms with Crippen molar-refractivity contribution in [2.45, 2.75) is 44.6 Å². The molecule has 0 aromatic rings. The van der Waals surface area contributed by atoms with Crippen LogP contribution >= 0.6 is 0 Å². The molecule has 0 radical (unpaired) electrons. The first-order valence-corrected chi connectivity index (χ1v) is 8.09. The molecular formula is C15H29N3. The first-order valence-electron chi connectivity index (χ1n) is 8.09. The highest BCUT2D eigenvalue weighted by Gasteiger charge is 2.27. The standard InChI is InChI=1S/C15H29N3/c1-2-4-14(5-3-1)6-7-17-8-10-18(11-9-17)15-12-16-13-15/h14-16H,1-13H2. The lowest BCUT2D eigenvalue weighted by Crippen LogP contribution is -2.61. The van der Waals surface area contributed by atoms with Gasteiger partial charge in [0.25, 0.3) is 0 Å². The van der Waals surface area contributed by atoms with E-state index in [1.165, 1.54) is 84.3 Å². The van der Waals surface area contributed by atoms with Crippen molar-refractivity contribution in [2.75, 3.05) is 45.8 Å². The molecule has 0 atom stereocenters. The topological polar surface area (TPSA) is 18.5 Å². The van der Waals surface area contributed by atoms with Gasteiger partial charge in [0.15, 0.2) is 0 Å². The Labute approximate surface area is 112 Å². The van der Waals surface area contributed by atoms with Crippen LogP contribution in [0, 0.1) is 5.92 Å². The number of piperazine rings is 1. The smallest absolute Gasteiger partial charge is 0.0346 e. The Hall–Kier alpha value is -0.120. The van der Waals surface area contributed by atoms with E-state index in [1.807, 2.05) is 0 Å². The van der Waals surface area contributed by atoms with Gasteiger partial charge in [-0.05, 0) is 18.9 Å². The molecule has 1 aliphatic carbocycles. The minimum atomic E-state index is 0.852. The van der Waals surface area contributed by atoms with E-state index in [4.69, 9.17) is 0 Å². The predicted molar refractivity (Wildman–Crippen MR) is 75.9 cm³/mol. The number of hydrogen-bond acceptors (Lipinski definition) is 3. The number of hydrogen-bond donors (Lipinski definition) is 1. The fourth-order valence-corrected chi connectivity index (χ4v) is 3.72. The fourth-order valence-electron chi connectivity index (χ4n) is 3.72. The molecule has 0 unspecified atom stereocenters. The third-order valence-corrected chi connectivity index (χ3v) is 5.26. The molecule has 2 heterocycles. The molecule has 3 fully saturated rings. The van der Waals surface area contributed by atoms with Crippen LogP contribution in [0.5, 0.6) is 0 Å². The molecule has 2 aliphatic heterocycles. The molecule has 2 saturated heterocycles. The van der Waals surface area contributed by atoms with Crippen LogP contribution in [-0.4, -0.2) is 61.7 Å². The number of nitrogens with zero attached hydrogens (tertiary/aromatic N) is 2. The molecule has 1 saturated carbocycles. The van der Waals surface area contributed by atoms with Crippen molar-refractivity contribution in [3.63, 3.8) is 0 Å². The molecule has 1 N–H and O–H groups in total. The Balaban J connectivity index is 1.32. The molecule has 3 rings (SSSR count).